The minimum absolute atomic E-state index is 0.162. The van der Waals surface area contributed by atoms with E-state index in [1.807, 2.05) is 26.0 Å². The second-order valence-electron chi connectivity index (χ2n) is 7.93. The lowest BCUT2D eigenvalue weighted by Gasteiger charge is -2.19. The molecule has 3 aromatic rings. The lowest BCUT2D eigenvalue weighted by molar-refractivity contribution is -0.118. The first-order valence-electron chi connectivity index (χ1n) is 10.1. The molecule has 0 fully saturated rings. The van der Waals surface area contributed by atoms with Gasteiger partial charge in [-0.3, -0.25) is 0 Å². The number of H-pyrrole nitrogens is 1. The van der Waals surface area contributed by atoms with Crippen LogP contribution < -0.4 is 0 Å². The van der Waals surface area contributed by atoms with Crippen molar-refractivity contribution in [3.8, 4) is 23.0 Å². The minimum atomic E-state index is 0.162. The molecule has 1 aliphatic carbocycles. The molecule has 0 amide bonds. The second-order valence-corrected chi connectivity index (χ2v) is 7.93. The molecule has 1 aromatic carbocycles. The quantitative estimate of drug-likeness (QED) is 0.632. The number of aromatic amines is 1. The summed E-state index contributed by atoms with van der Waals surface area (Å²) in [4.78, 5) is 24.0. The highest BCUT2D eigenvalue weighted by molar-refractivity contribution is 5.76. The van der Waals surface area contributed by atoms with E-state index in [-0.39, 0.29) is 24.2 Å². The molecule has 0 aliphatic heterocycles. The Kier molecular flexibility index (Phi) is 5.32. The predicted molar refractivity (Wildman–Crippen MR) is 108 cm³/mol. The smallest absolute Gasteiger partial charge is 0.278 e. The molecule has 7 heteroatoms. The molecule has 0 saturated heterocycles. The Balaban J connectivity index is 1.70. The summed E-state index contributed by atoms with van der Waals surface area (Å²) >= 11 is 0. The first kappa shape index (κ1) is 19.5. The van der Waals surface area contributed by atoms with Crippen molar-refractivity contribution >= 4 is 5.78 Å². The molecule has 0 radical (unpaired) electrons. The zero-order valence-electron chi connectivity index (χ0n) is 17.0. The molecular formula is C22H26N4O3. The molecule has 1 aliphatic rings. The fourth-order valence-electron chi connectivity index (χ4n) is 4.58. The number of carbonyl (C=O) groups is 1. The van der Waals surface area contributed by atoms with Gasteiger partial charge >= 0.3 is 0 Å². The van der Waals surface area contributed by atoms with Gasteiger partial charge in [-0.1, -0.05) is 23.4 Å². The van der Waals surface area contributed by atoms with Crippen LogP contribution in [0, 0.1) is 19.8 Å². The molecular weight excluding hydrogens is 368 g/mol. The number of carbonyl (C=O) groups excluding carboxylic acids is 1. The van der Waals surface area contributed by atoms with E-state index in [0.29, 0.717) is 23.8 Å². The van der Waals surface area contributed by atoms with Crippen LogP contribution in [0.1, 0.15) is 54.7 Å². The van der Waals surface area contributed by atoms with Crippen molar-refractivity contribution in [1.82, 2.24) is 20.1 Å². The van der Waals surface area contributed by atoms with Gasteiger partial charge in [-0.25, -0.2) is 4.98 Å². The van der Waals surface area contributed by atoms with Crippen LogP contribution in [-0.2, 0) is 11.2 Å². The largest absolute Gasteiger partial charge is 0.396 e. The zero-order chi connectivity index (χ0) is 20.5. The zero-order valence-corrected chi connectivity index (χ0v) is 17.0. The Morgan fingerprint density at radius 1 is 1.31 bits per heavy atom. The molecule has 0 bridgehead atoms. The molecule has 0 spiro atoms. The van der Waals surface area contributed by atoms with Crippen LogP contribution in [0.2, 0.25) is 0 Å². The van der Waals surface area contributed by atoms with Gasteiger partial charge in [0.1, 0.15) is 17.3 Å². The van der Waals surface area contributed by atoms with E-state index in [2.05, 4.69) is 26.2 Å². The molecule has 4 rings (SSSR count). The maximum Gasteiger partial charge on any atom is 0.278 e. The lowest BCUT2D eigenvalue weighted by Crippen LogP contribution is -2.12. The van der Waals surface area contributed by atoms with E-state index in [0.717, 1.165) is 36.3 Å². The third-order valence-corrected chi connectivity index (χ3v) is 5.74. The summed E-state index contributed by atoms with van der Waals surface area (Å²) in [7, 11) is 0. The van der Waals surface area contributed by atoms with Gasteiger partial charge in [-0.05, 0) is 63.0 Å². The Morgan fingerprint density at radius 2 is 2.14 bits per heavy atom. The van der Waals surface area contributed by atoms with E-state index in [1.165, 1.54) is 11.1 Å². The van der Waals surface area contributed by atoms with Crippen LogP contribution in [0.4, 0.5) is 0 Å². The number of aliphatic hydroxyl groups is 1. The third-order valence-electron chi connectivity index (χ3n) is 5.74. The van der Waals surface area contributed by atoms with Gasteiger partial charge in [0, 0.05) is 24.3 Å². The van der Waals surface area contributed by atoms with E-state index in [4.69, 9.17) is 4.52 Å². The van der Waals surface area contributed by atoms with Crippen LogP contribution in [0.25, 0.3) is 23.0 Å². The maximum absolute atomic E-state index is 11.8. The number of hydrogen-bond acceptors (Lipinski definition) is 6. The van der Waals surface area contributed by atoms with E-state index >= 15 is 0 Å². The average Bonchev–Trinajstić information content (AvgIpc) is 3.36. The molecule has 2 N–H and O–H groups in total. The van der Waals surface area contributed by atoms with Crippen molar-refractivity contribution in [3.63, 3.8) is 0 Å². The Morgan fingerprint density at radius 3 is 2.83 bits per heavy atom. The molecule has 152 valence electrons. The van der Waals surface area contributed by atoms with Gasteiger partial charge in [0.25, 0.3) is 5.89 Å². The van der Waals surface area contributed by atoms with Crippen molar-refractivity contribution in [3.05, 3.63) is 40.8 Å². The van der Waals surface area contributed by atoms with Crippen LogP contribution in [0.3, 0.4) is 0 Å². The first-order valence-corrected chi connectivity index (χ1v) is 10.1. The van der Waals surface area contributed by atoms with Crippen LogP contribution >= 0.6 is 0 Å². The van der Waals surface area contributed by atoms with Crippen molar-refractivity contribution in [2.75, 3.05) is 6.61 Å². The number of rotatable bonds is 7. The number of aromatic nitrogens is 4. The van der Waals surface area contributed by atoms with Gasteiger partial charge < -0.3 is 19.4 Å². The van der Waals surface area contributed by atoms with Gasteiger partial charge in [-0.2, -0.15) is 4.98 Å². The highest BCUT2D eigenvalue weighted by Gasteiger charge is 2.35. The average molecular weight is 394 g/mol. The second kappa shape index (κ2) is 7.91. The van der Waals surface area contributed by atoms with E-state index in [9.17, 15) is 9.90 Å². The van der Waals surface area contributed by atoms with Crippen LogP contribution in [0.15, 0.2) is 22.7 Å². The van der Waals surface area contributed by atoms with Crippen LogP contribution in [-0.4, -0.2) is 37.6 Å². The van der Waals surface area contributed by atoms with Gasteiger partial charge in [-0.15, -0.1) is 0 Å². The fourth-order valence-corrected chi connectivity index (χ4v) is 4.58. The van der Waals surface area contributed by atoms with E-state index in [1.54, 1.807) is 6.92 Å². The number of benzene rings is 1. The number of fused-ring (bicyclic) bond motifs is 1. The highest BCUT2D eigenvalue weighted by atomic mass is 16.5. The Bertz CT molecular complexity index is 1040. The SMILES string of the molecule is CC(=O)C[C@@H]1Cc2c(-c3noc(-c4nc(C)[nH]c4C)n3)cccc2C1CCCO. The normalized spacial score (nSPS) is 18.2. The summed E-state index contributed by atoms with van der Waals surface area (Å²) in [6.07, 6.45) is 2.96. The number of nitrogens with one attached hydrogen (secondary N) is 1. The number of imidazole rings is 1. The third kappa shape index (κ3) is 3.74. The minimum Gasteiger partial charge on any atom is -0.396 e. The molecule has 2 aromatic heterocycles. The van der Waals surface area contributed by atoms with Crippen molar-refractivity contribution in [2.45, 2.75) is 52.4 Å². The number of nitrogens with zero attached hydrogens (tertiary/aromatic N) is 3. The highest BCUT2D eigenvalue weighted by Crippen LogP contribution is 2.45. The number of Topliss-reactive ketones (excluding diaryl/α,β-unsaturated/α-hetero) is 1. The first-order chi connectivity index (χ1) is 14.0. The molecule has 2 heterocycles. The van der Waals surface area contributed by atoms with Crippen molar-refractivity contribution < 1.29 is 14.4 Å². The number of hydrogen-bond donors (Lipinski definition) is 2. The summed E-state index contributed by atoms with van der Waals surface area (Å²) in [5, 5.41) is 13.5. The van der Waals surface area contributed by atoms with Crippen molar-refractivity contribution in [2.24, 2.45) is 5.92 Å². The maximum atomic E-state index is 11.8. The molecule has 1 unspecified atom stereocenters. The topological polar surface area (TPSA) is 105 Å². The fraction of sp³-hybridized carbons (Fsp3) is 0.455. The summed E-state index contributed by atoms with van der Waals surface area (Å²) in [5.74, 6) is 2.46. The molecule has 2 atom stereocenters. The number of aliphatic hydroxyl groups excluding tert-OH is 1. The van der Waals surface area contributed by atoms with Gasteiger partial charge in [0.15, 0.2) is 0 Å². The van der Waals surface area contributed by atoms with Crippen LogP contribution in [0.5, 0.6) is 0 Å². The number of aryl methyl sites for hydroxylation is 2. The number of ketones is 1. The van der Waals surface area contributed by atoms with Gasteiger partial charge in [0.2, 0.25) is 5.82 Å². The summed E-state index contributed by atoms with van der Waals surface area (Å²) in [5.41, 5.74) is 4.93. The summed E-state index contributed by atoms with van der Waals surface area (Å²) < 4.78 is 5.51. The van der Waals surface area contributed by atoms with Crippen molar-refractivity contribution in [1.29, 1.82) is 0 Å². The summed E-state index contributed by atoms with van der Waals surface area (Å²) in [6, 6.07) is 6.15. The Labute approximate surface area is 169 Å². The monoisotopic (exact) mass is 394 g/mol. The Hall–Kier alpha value is -2.80. The lowest BCUT2D eigenvalue weighted by atomic mass is 9.85. The summed E-state index contributed by atoms with van der Waals surface area (Å²) in [6.45, 7) is 5.62. The molecule has 0 saturated carbocycles. The van der Waals surface area contributed by atoms with E-state index < -0.39 is 0 Å². The van der Waals surface area contributed by atoms with Gasteiger partial charge in [0.05, 0.1) is 0 Å². The molecule has 29 heavy (non-hydrogen) atoms. The standard InChI is InChI=1S/C22H26N4O3/c1-12(28)10-15-11-19-17(16(15)8-5-9-27)6-4-7-18(19)21-25-22(29-26-21)20-13(2)23-14(3)24-20/h4,6-7,15-16,27H,5,8-11H2,1-3H3,(H,23,24)/t15-,16?/m1/s1. The molecule has 7 nitrogen and oxygen atoms in total. The predicted octanol–water partition coefficient (Wildman–Crippen LogP) is 3.75.